The third kappa shape index (κ3) is 1.54. The third-order valence-electron chi connectivity index (χ3n) is 5.39. The summed E-state index contributed by atoms with van der Waals surface area (Å²) in [5.41, 5.74) is 1.57. The molecule has 3 saturated heterocycles. The van der Waals surface area contributed by atoms with Gasteiger partial charge in [0.15, 0.2) is 0 Å². The highest BCUT2D eigenvalue weighted by atomic mass is 15.4. The summed E-state index contributed by atoms with van der Waals surface area (Å²) in [6, 6.07) is 0. The highest BCUT2D eigenvalue weighted by molar-refractivity contribution is 5.28. The van der Waals surface area contributed by atoms with Crippen LogP contribution in [-0.4, -0.2) is 21.5 Å². The Balaban J connectivity index is 2.37. The van der Waals surface area contributed by atoms with Crippen LogP contribution < -0.4 is 0 Å². The summed E-state index contributed by atoms with van der Waals surface area (Å²) in [5, 5.41) is 0. The van der Waals surface area contributed by atoms with Crippen LogP contribution in [0.1, 0.15) is 68.7 Å². The number of nitrogens with zero attached hydrogens (tertiary/aromatic N) is 1. The van der Waals surface area contributed by atoms with E-state index in [1.54, 1.807) is 0 Å². The van der Waals surface area contributed by atoms with Gasteiger partial charge >= 0.3 is 0 Å². The average molecular weight is 237 g/mol. The molecule has 3 aliphatic rings. The van der Waals surface area contributed by atoms with Crippen molar-refractivity contribution in [3.05, 3.63) is 0 Å². The Kier molecular flexibility index (Phi) is 2.44. The Hall–Kier alpha value is -0.0400. The molecule has 0 N–H and O–H groups in total. The van der Waals surface area contributed by atoms with E-state index in [4.69, 9.17) is 0 Å². The van der Waals surface area contributed by atoms with Crippen molar-refractivity contribution in [3.8, 4) is 0 Å². The van der Waals surface area contributed by atoms with Crippen LogP contribution in [0.3, 0.4) is 0 Å². The van der Waals surface area contributed by atoms with Gasteiger partial charge in [-0.2, -0.15) is 0 Å². The molecule has 0 amide bonds. The van der Waals surface area contributed by atoms with Gasteiger partial charge in [-0.1, -0.05) is 20.8 Å². The Morgan fingerprint density at radius 3 is 1.47 bits per heavy atom. The van der Waals surface area contributed by atoms with Gasteiger partial charge in [0.05, 0.1) is 0 Å². The molecule has 17 heavy (non-hydrogen) atoms. The maximum absolute atomic E-state index is 2.77. The maximum Gasteiger partial charge on any atom is 0.0213 e. The van der Waals surface area contributed by atoms with Gasteiger partial charge in [0.25, 0.3) is 0 Å². The number of fused-ring (bicyclic) bond motifs is 1. The van der Waals surface area contributed by atoms with Crippen LogP contribution in [-0.2, 0) is 0 Å². The summed E-state index contributed by atoms with van der Waals surface area (Å²) in [7, 11) is 0. The van der Waals surface area contributed by atoms with Gasteiger partial charge in [0, 0.05) is 16.6 Å². The molecule has 1 unspecified atom stereocenters. The van der Waals surface area contributed by atoms with Gasteiger partial charge in [-0.25, -0.2) is 0 Å². The molecule has 3 fully saturated rings. The van der Waals surface area contributed by atoms with Gasteiger partial charge in [0.1, 0.15) is 0 Å². The van der Waals surface area contributed by atoms with E-state index in [0.717, 1.165) is 11.8 Å². The summed E-state index contributed by atoms with van der Waals surface area (Å²) < 4.78 is 0. The molecule has 3 rings (SSSR count). The van der Waals surface area contributed by atoms with Crippen molar-refractivity contribution in [2.24, 2.45) is 17.3 Å². The summed E-state index contributed by atoms with van der Waals surface area (Å²) in [5.74, 6) is 1.66. The molecule has 3 aliphatic heterocycles. The van der Waals surface area contributed by atoms with Gasteiger partial charge in [0.2, 0.25) is 0 Å². The van der Waals surface area contributed by atoms with Crippen molar-refractivity contribution in [1.29, 1.82) is 0 Å². The van der Waals surface area contributed by atoms with E-state index in [2.05, 4.69) is 67.2 Å². The second kappa shape index (κ2) is 3.10. The van der Waals surface area contributed by atoms with Crippen LogP contribution in [0.5, 0.6) is 0 Å². The van der Waals surface area contributed by atoms with Gasteiger partial charge in [-0.3, -0.25) is 4.90 Å². The molecular formula is C16H31N. The van der Waals surface area contributed by atoms with Crippen molar-refractivity contribution >= 4 is 0 Å². The highest BCUT2D eigenvalue weighted by Gasteiger charge is 2.75. The summed E-state index contributed by atoms with van der Waals surface area (Å²) in [6.07, 6.45) is 1.34. The van der Waals surface area contributed by atoms with Crippen LogP contribution >= 0.6 is 0 Å². The van der Waals surface area contributed by atoms with E-state index in [1.807, 2.05) is 0 Å². The lowest BCUT2D eigenvalue weighted by atomic mass is 9.61. The zero-order valence-corrected chi connectivity index (χ0v) is 13.3. The minimum atomic E-state index is 0.352. The van der Waals surface area contributed by atoms with Crippen molar-refractivity contribution < 1.29 is 0 Å². The first-order valence-corrected chi connectivity index (χ1v) is 7.13. The van der Waals surface area contributed by atoms with E-state index < -0.39 is 0 Å². The van der Waals surface area contributed by atoms with Crippen molar-refractivity contribution in [1.82, 2.24) is 4.90 Å². The molecule has 0 radical (unpaired) electrons. The van der Waals surface area contributed by atoms with E-state index in [1.165, 1.54) is 6.42 Å². The molecule has 1 nitrogen and oxygen atoms in total. The minimum absolute atomic E-state index is 0.352. The minimum Gasteiger partial charge on any atom is -0.287 e. The van der Waals surface area contributed by atoms with Crippen LogP contribution in [0.25, 0.3) is 0 Å². The molecule has 0 aromatic rings. The molecular weight excluding hydrogens is 206 g/mol. The zero-order chi connectivity index (χ0) is 13.4. The highest BCUT2D eigenvalue weighted by Crippen LogP contribution is 2.68. The SMILES string of the molecule is CC(C)(C)CC1C2C(C)(C)N(C1(C)C)C2(C)C. The maximum atomic E-state index is 2.77. The Bertz CT molecular complexity index is 314. The topological polar surface area (TPSA) is 3.24 Å². The second-order valence-corrected chi connectivity index (χ2v) is 9.15. The first-order valence-electron chi connectivity index (χ1n) is 7.13. The first-order chi connectivity index (χ1) is 7.33. The smallest absolute Gasteiger partial charge is 0.0213 e. The first kappa shape index (κ1) is 13.4. The third-order valence-corrected chi connectivity index (χ3v) is 5.39. The number of hydrogen-bond donors (Lipinski definition) is 0. The van der Waals surface area contributed by atoms with Gasteiger partial charge in [-0.15, -0.1) is 0 Å². The predicted octanol–water partition coefficient (Wildman–Crippen LogP) is 4.32. The summed E-state index contributed by atoms with van der Waals surface area (Å²) in [4.78, 5) is 2.77. The fourth-order valence-corrected chi connectivity index (χ4v) is 5.89. The van der Waals surface area contributed by atoms with Crippen LogP contribution in [0, 0.1) is 17.3 Å². The molecule has 0 aliphatic carbocycles. The largest absolute Gasteiger partial charge is 0.287 e. The van der Waals surface area contributed by atoms with Crippen LogP contribution in [0.15, 0.2) is 0 Å². The molecule has 0 saturated carbocycles. The average Bonchev–Trinajstić information content (AvgIpc) is 2.20. The van der Waals surface area contributed by atoms with Crippen molar-refractivity contribution in [2.75, 3.05) is 0 Å². The molecule has 0 aromatic carbocycles. The van der Waals surface area contributed by atoms with Crippen molar-refractivity contribution in [3.63, 3.8) is 0 Å². The Labute approximate surface area is 108 Å². The molecule has 1 atom stereocenters. The summed E-state index contributed by atoms with van der Waals surface area (Å²) in [6.45, 7) is 21.8. The predicted molar refractivity (Wildman–Crippen MR) is 75.1 cm³/mol. The van der Waals surface area contributed by atoms with Gasteiger partial charge in [-0.05, 0) is 65.2 Å². The fourth-order valence-electron chi connectivity index (χ4n) is 5.89. The fraction of sp³-hybridized carbons (Fsp3) is 1.00. The van der Waals surface area contributed by atoms with E-state index in [-0.39, 0.29) is 0 Å². The lowest BCUT2D eigenvalue weighted by Crippen LogP contribution is -2.72. The molecule has 100 valence electrons. The van der Waals surface area contributed by atoms with E-state index in [9.17, 15) is 0 Å². The molecule has 0 spiro atoms. The molecule has 1 heteroatoms. The number of hydrogen-bond acceptors (Lipinski definition) is 1. The lowest BCUT2D eigenvalue weighted by Gasteiger charge is -2.63. The van der Waals surface area contributed by atoms with Gasteiger partial charge < -0.3 is 0 Å². The van der Waals surface area contributed by atoms with E-state index in [0.29, 0.717) is 22.0 Å². The number of rotatable bonds is 1. The van der Waals surface area contributed by atoms with E-state index >= 15 is 0 Å². The standard InChI is InChI=1S/C16H31N/c1-13(2,3)10-11-12-15(6,7)17(14(11,4)5)16(12,8)9/h11-12H,10H2,1-9H3. The Morgan fingerprint density at radius 1 is 0.824 bits per heavy atom. The van der Waals surface area contributed by atoms with Crippen molar-refractivity contribution in [2.45, 2.75) is 85.4 Å². The lowest BCUT2D eigenvalue weighted by molar-refractivity contribution is -0.139. The molecule has 0 aromatic heterocycles. The quantitative estimate of drug-likeness (QED) is 0.656. The molecule has 3 heterocycles. The van der Waals surface area contributed by atoms with Crippen LogP contribution in [0.4, 0.5) is 0 Å². The zero-order valence-electron chi connectivity index (χ0n) is 13.3. The summed E-state index contributed by atoms with van der Waals surface area (Å²) >= 11 is 0. The normalized spacial score (nSPS) is 41.1. The molecule has 2 bridgehead atoms. The monoisotopic (exact) mass is 237 g/mol. The van der Waals surface area contributed by atoms with Crippen LogP contribution in [0.2, 0.25) is 0 Å². The Morgan fingerprint density at radius 2 is 1.24 bits per heavy atom. The second-order valence-electron chi connectivity index (χ2n) is 9.15.